The molecule has 0 spiro atoms. The van der Waals surface area contributed by atoms with Gasteiger partial charge < -0.3 is 9.80 Å². The lowest BCUT2D eigenvalue weighted by Gasteiger charge is -2.16. The molecule has 0 unspecified atom stereocenters. The molecular formula is C11H18N2O2. The first kappa shape index (κ1) is 13.4. The highest BCUT2D eigenvalue weighted by atomic mass is 16.2. The SMILES string of the molecule is C=CC(=O)N(C)/C=C/C(=O)N(CC)CC. The fourth-order valence-corrected chi connectivity index (χ4v) is 1.03. The molecule has 4 nitrogen and oxygen atoms in total. The number of carbonyl (C=O) groups is 2. The first-order valence-corrected chi connectivity index (χ1v) is 4.93. The predicted molar refractivity (Wildman–Crippen MR) is 60.0 cm³/mol. The Morgan fingerprint density at radius 2 is 1.73 bits per heavy atom. The second-order valence-electron chi connectivity index (χ2n) is 2.98. The molecule has 0 aromatic carbocycles. The molecule has 84 valence electrons. The van der Waals surface area contributed by atoms with E-state index in [0.29, 0.717) is 13.1 Å². The van der Waals surface area contributed by atoms with E-state index in [-0.39, 0.29) is 11.8 Å². The van der Waals surface area contributed by atoms with Crippen LogP contribution in [-0.2, 0) is 9.59 Å². The van der Waals surface area contributed by atoms with Crippen LogP contribution in [0.3, 0.4) is 0 Å². The Bertz CT molecular complexity index is 268. The van der Waals surface area contributed by atoms with Crippen molar-refractivity contribution in [2.75, 3.05) is 20.1 Å². The van der Waals surface area contributed by atoms with Gasteiger partial charge in [-0.1, -0.05) is 6.58 Å². The lowest BCUT2D eigenvalue weighted by molar-refractivity contribution is -0.125. The molecule has 0 aromatic rings. The highest BCUT2D eigenvalue weighted by Gasteiger charge is 2.06. The second kappa shape index (κ2) is 6.81. The number of likely N-dealkylation sites (N-methyl/N-ethyl adjacent to an activating group) is 2. The molecule has 0 rings (SSSR count). The number of hydrogen-bond acceptors (Lipinski definition) is 2. The lowest BCUT2D eigenvalue weighted by Crippen LogP contribution is -2.29. The van der Waals surface area contributed by atoms with Gasteiger partial charge in [0, 0.05) is 32.4 Å². The normalized spacial score (nSPS) is 10.1. The summed E-state index contributed by atoms with van der Waals surface area (Å²) in [6.07, 6.45) is 4.03. The summed E-state index contributed by atoms with van der Waals surface area (Å²) in [6, 6.07) is 0. The average molecular weight is 210 g/mol. The van der Waals surface area contributed by atoms with Crippen LogP contribution < -0.4 is 0 Å². The minimum Gasteiger partial charge on any atom is -0.340 e. The van der Waals surface area contributed by atoms with E-state index in [4.69, 9.17) is 0 Å². The van der Waals surface area contributed by atoms with E-state index in [0.717, 1.165) is 0 Å². The van der Waals surface area contributed by atoms with Gasteiger partial charge in [-0.15, -0.1) is 0 Å². The Kier molecular flexibility index (Phi) is 6.09. The minimum absolute atomic E-state index is 0.0938. The van der Waals surface area contributed by atoms with Crippen molar-refractivity contribution in [2.24, 2.45) is 0 Å². The molecule has 0 heterocycles. The van der Waals surface area contributed by atoms with Crippen molar-refractivity contribution in [3.63, 3.8) is 0 Å². The predicted octanol–water partition coefficient (Wildman–Crippen LogP) is 1.01. The van der Waals surface area contributed by atoms with E-state index in [1.807, 2.05) is 13.8 Å². The van der Waals surface area contributed by atoms with Gasteiger partial charge in [0.1, 0.15) is 0 Å². The Labute approximate surface area is 90.9 Å². The molecule has 0 atom stereocenters. The van der Waals surface area contributed by atoms with Crippen molar-refractivity contribution in [3.05, 3.63) is 24.9 Å². The number of carbonyl (C=O) groups excluding carboxylic acids is 2. The Hall–Kier alpha value is -1.58. The van der Waals surface area contributed by atoms with Gasteiger partial charge >= 0.3 is 0 Å². The molecule has 0 fully saturated rings. The molecule has 0 aromatic heterocycles. The smallest absolute Gasteiger partial charge is 0.249 e. The summed E-state index contributed by atoms with van der Waals surface area (Å²) < 4.78 is 0. The zero-order valence-corrected chi connectivity index (χ0v) is 9.56. The van der Waals surface area contributed by atoms with Gasteiger partial charge in [0.2, 0.25) is 11.8 Å². The molecule has 4 heteroatoms. The molecular weight excluding hydrogens is 192 g/mol. The number of rotatable bonds is 5. The van der Waals surface area contributed by atoms with Crippen LogP contribution in [0.5, 0.6) is 0 Å². The van der Waals surface area contributed by atoms with Crippen molar-refractivity contribution in [1.29, 1.82) is 0 Å². The molecule has 0 saturated heterocycles. The first-order valence-electron chi connectivity index (χ1n) is 4.93. The van der Waals surface area contributed by atoms with Crippen LogP contribution >= 0.6 is 0 Å². The molecule has 0 bridgehead atoms. The lowest BCUT2D eigenvalue weighted by atomic mass is 10.4. The van der Waals surface area contributed by atoms with Gasteiger partial charge in [-0.25, -0.2) is 0 Å². The maximum atomic E-state index is 11.5. The third kappa shape index (κ3) is 4.44. The zero-order valence-electron chi connectivity index (χ0n) is 9.56. The van der Waals surface area contributed by atoms with Gasteiger partial charge in [-0.3, -0.25) is 9.59 Å². The topological polar surface area (TPSA) is 40.6 Å². The summed E-state index contributed by atoms with van der Waals surface area (Å²) in [7, 11) is 1.58. The van der Waals surface area contributed by atoms with Crippen LogP contribution in [0.2, 0.25) is 0 Å². The van der Waals surface area contributed by atoms with E-state index >= 15 is 0 Å². The Balaban J connectivity index is 4.33. The highest BCUT2D eigenvalue weighted by Crippen LogP contribution is 1.93. The molecule has 0 aliphatic heterocycles. The molecule has 0 radical (unpaired) electrons. The summed E-state index contributed by atoms with van der Waals surface area (Å²) in [5.41, 5.74) is 0. The number of hydrogen-bond donors (Lipinski definition) is 0. The van der Waals surface area contributed by atoms with E-state index in [1.54, 1.807) is 11.9 Å². The highest BCUT2D eigenvalue weighted by molar-refractivity contribution is 5.90. The maximum absolute atomic E-state index is 11.5. The van der Waals surface area contributed by atoms with E-state index in [2.05, 4.69) is 6.58 Å². The molecule has 15 heavy (non-hydrogen) atoms. The maximum Gasteiger partial charge on any atom is 0.249 e. The molecule has 2 amide bonds. The third-order valence-electron chi connectivity index (χ3n) is 2.04. The van der Waals surface area contributed by atoms with Gasteiger partial charge in [-0.05, 0) is 19.9 Å². The van der Waals surface area contributed by atoms with Crippen LogP contribution in [0.25, 0.3) is 0 Å². The summed E-state index contributed by atoms with van der Waals surface area (Å²) in [5, 5.41) is 0. The second-order valence-corrected chi connectivity index (χ2v) is 2.98. The van der Waals surface area contributed by atoms with E-state index in [9.17, 15) is 9.59 Å². The van der Waals surface area contributed by atoms with Gasteiger partial charge in [-0.2, -0.15) is 0 Å². The minimum atomic E-state index is -0.237. The largest absolute Gasteiger partial charge is 0.340 e. The van der Waals surface area contributed by atoms with Crippen molar-refractivity contribution in [2.45, 2.75) is 13.8 Å². The quantitative estimate of drug-likeness (QED) is 0.635. The fourth-order valence-electron chi connectivity index (χ4n) is 1.03. The average Bonchev–Trinajstić information content (AvgIpc) is 2.26. The van der Waals surface area contributed by atoms with E-state index < -0.39 is 0 Å². The third-order valence-corrected chi connectivity index (χ3v) is 2.04. The van der Waals surface area contributed by atoms with Crippen LogP contribution in [0.15, 0.2) is 24.9 Å². The Morgan fingerprint density at radius 1 is 1.20 bits per heavy atom. The van der Waals surface area contributed by atoms with Crippen molar-refractivity contribution >= 4 is 11.8 Å². The van der Waals surface area contributed by atoms with Gasteiger partial charge in [0.05, 0.1) is 0 Å². The van der Waals surface area contributed by atoms with Gasteiger partial charge in [0.15, 0.2) is 0 Å². The van der Waals surface area contributed by atoms with Crippen molar-refractivity contribution in [3.8, 4) is 0 Å². The van der Waals surface area contributed by atoms with Crippen LogP contribution in [0, 0.1) is 0 Å². The van der Waals surface area contributed by atoms with Crippen molar-refractivity contribution < 1.29 is 9.59 Å². The van der Waals surface area contributed by atoms with E-state index in [1.165, 1.54) is 23.3 Å². The van der Waals surface area contributed by atoms with Crippen LogP contribution in [0.1, 0.15) is 13.8 Å². The summed E-state index contributed by atoms with van der Waals surface area (Å²) in [5.74, 6) is -0.331. The zero-order chi connectivity index (χ0) is 11.8. The molecule has 0 aliphatic carbocycles. The van der Waals surface area contributed by atoms with Crippen molar-refractivity contribution in [1.82, 2.24) is 9.80 Å². The standard InChI is InChI=1S/C11H18N2O2/c1-5-10(14)12(4)9-8-11(15)13(6-2)7-3/h5,8-9H,1,6-7H2,2-4H3/b9-8+. The number of amides is 2. The molecule has 0 N–H and O–H groups in total. The Morgan fingerprint density at radius 3 is 2.13 bits per heavy atom. The fraction of sp³-hybridized carbons (Fsp3) is 0.455. The monoisotopic (exact) mass is 210 g/mol. The summed E-state index contributed by atoms with van der Waals surface area (Å²) in [4.78, 5) is 25.5. The van der Waals surface area contributed by atoms with Gasteiger partial charge in [0.25, 0.3) is 0 Å². The van der Waals surface area contributed by atoms with Crippen LogP contribution in [-0.4, -0.2) is 41.8 Å². The first-order chi connectivity index (χ1) is 7.06. The summed E-state index contributed by atoms with van der Waals surface area (Å²) in [6.45, 7) is 8.51. The van der Waals surface area contributed by atoms with Crippen LogP contribution in [0.4, 0.5) is 0 Å². The summed E-state index contributed by atoms with van der Waals surface area (Å²) >= 11 is 0. The molecule has 0 saturated carbocycles. The molecule has 0 aliphatic rings. The number of nitrogens with zero attached hydrogens (tertiary/aromatic N) is 2.